The molecule has 0 saturated carbocycles. The molecule has 0 unspecified atom stereocenters. The maximum Gasteiger partial charge on any atom is 0.177 e. The Hall–Kier alpha value is -1.97. The molecule has 1 heterocycles. The highest BCUT2D eigenvalue weighted by Crippen LogP contribution is 2.51. The molecule has 1 aliphatic carbocycles. The van der Waals surface area contributed by atoms with E-state index in [0.717, 1.165) is 5.56 Å². The second-order valence-electron chi connectivity index (χ2n) is 6.49. The lowest BCUT2D eigenvalue weighted by Gasteiger charge is -2.23. The predicted octanol–water partition coefficient (Wildman–Crippen LogP) is 4.65. The molecule has 2 aromatic rings. The van der Waals surface area contributed by atoms with Crippen molar-refractivity contribution in [3.05, 3.63) is 70.2 Å². The standard InChI is InChI=1S/C20H17ClO3/c1-2-20(18(22)14-8-3-4-9-15(14)19(20)23)11-16-17(24-16)12-6-5-7-13(21)10-12/h3-10,16-17H,2,11H2,1H3/t16-,17-/m0/s1. The number of halogens is 1. The molecule has 0 spiro atoms. The lowest BCUT2D eigenvalue weighted by molar-refractivity contribution is 0.0659. The zero-order valence-electron chi connectivity index (χ0n) is 13.3. The molecule has 0 radical (unpaired) electrons. The van der Waals surface area contributed by atoms with Crippen LogP contribution in [0, 0.1) is 5.41 Å². The molecule has 122 valence electrons. The number of benzene rings is 2. The zero-order valence-corrected chi connectivity index (χ0v) is 14.0. The quantitative estimate of drug-likeness (QED) is 0.601. The van der Waals surface area contributed by atoms with Gasteiger partial charge in [-0.1, -0.05) is 54.9 Å². The van der Waals surface area contributed by atoms with Crippen molar-refractivity contribution < 1.29 is 14.3 Å². The molecule has 2 atom stereocenters. The molecule has 0 aromatic heterocycles. The first kappa shape index (κ1) is 15.6. The minimum absolute atomic E-state index is 0.0639. The van der Waals surface area contributed by atoms with Crippen LogP contribution in [0.1, 0.15) is 52.1 Å². The van der Waals surface area contributed by atoms with Gasteiger partial charge in [0.1, 0.15) is 6.10 Å². The number of hydrogen-bond donors (Lipinski definition) is 0. The fraction of sp³-hybridized carbons (Fsp3) is 0.300. The van der Waals surface area contributed by atoms with Crippen LogP contribution in [0.15, 0.2) is 48.5 Å². The van der Waals surface area contributed by atoms with Gasteiger partial charge in [-0.25, -0.2) is 0 Å². The van der Waals surface area contributed by atoms with Gasteiger partial charge in [0.2, 0.25) is 0 Å². The number of carbonyl (C=O) groups is 2. The molecule has 0 bridgehead atoms. The summed E-state index contributed by atoms with van der Waals surface area (Å²) in [5.41, 5.74) is 1.10. The fourth-order valence-corrected chi connectivity index (χ4v) is 3.97. The van der Waals surface area contributed by atoms with E-state index >= 15 is 0 Å². The van der Waals surface area contributed by atoms with Gasteiger partial charge in [0, 0.05) is 16.1 Å². The van der Waals surface area contributed by atoms with Crippen LogP contribution in [0.4, 0.5) is 0 Å². The molecule has 0 amide bonds. The van der Waals surface area contributed by atoms with E-state index in [2.05, 4.69) is 0 Å². The van der Waals surface area contributed by atoms with Crippen LogP contribution in [-0.4, -0.2) is 17.7 Å². The van der Waals surface area contributed by atoms with Crippen LogP contribution in [0.3, 0.4) is 0 Å². The Balaban J connectivity index is 1.60. The number of epoxide rings is 1. The van der Waals surface area contributed by atoms with Crippen LogP contribution in [-0.2, 0) is 4.74 Å². The highest BCUT2D eigenvalue weighted by atomic mass is 35.5. The Kier molecular flexibility index (Phi) is 3.59. The number of Topliss-reactive ketones (excluding diaryl/α,β-unsaturated/α-hetero) is 2. The van der Waals surface area contributed by atoms with E-state index in [9.17, 15) is 9.59 Å². The first-order valence-electron chi connectivity index (χ1n) is 8.16. The third-order valence-electron chi connectivity index (χ3n) is 5.20. The third kappa shape index (κ3) is 2.23. The number of carbonyl (C=O) groups excluding carboxylic acids is 2. The number of ketones is 2. The predicted molar refractivity (Wildman–Crippen MR) is 91.5 cm³/mol. The molecule has 4 rings (SSSR count). The van der Waals surface area contributed by atoms with Crippen molar-refractivity contribution in [1.82, 2.24) is 0 Å². The second kappa shape index (κ2) is 5.54. The lowest BCUT2D eigenvalue weighted by Crippen LogP contribution is -2.34. The van der Waals surface area contributed by atoms with Gasteiger partial charge in [-0.05, 0) is 30.5 Å². The first-order valence-corrected chi connectivity index (χ1v) is 8.54. The molecule has 0 N–H and O–H groups in total. The summed E-state index contributed by atoms with van der Waals surface area (Å²) < 4.78 is 5.78. The first-order chi connectivity index (χ1) is 11.6. The summed E-state index contributed by atoms with van der Waals surface area (Å²) >= 11 is 6.03. The molecular formula is C20H17ClO3. The summed E-state index contributed by atoms with van der Waals surface area (Å²) in [6.07, 6.45) is 0.705. The molecule has 24 heavy (non-hydrogen) atoms. The van der Waals surface area contributed by atoms with Crippen molar-refractivity contribution in [2.24, 2.45) is 5.41 Å². The Bertz CT molecular complexity index is 807. The van der Waals surface area contributed by atoms with Gasteiger partial charge in [-0.2, -0.15) is 0 Å². The lowest BCUT2D eigenvalue weighted by atomic mass is 9.75. The van der Waals surface area contributed by atoms with Crippen molar-refractivity contribution in [3.63, 3.8) is 0 Å². The summed E-state index contributed by atoms with van der Waals surface area (Å²) in [4.78, 5) is 25.8. The fourth-order valence-electron chi connectivity index (χ4n) is 3.77. The normalized spacial score (nSPS) is 24.1. The second-order valence-corrected chi connectivity index (χ2v) is 6.93. The highest BCUT2D eigenvalue weighted by Gasteiger charge is 2.56. The van der Waals surface area contributed by atoms with E-state index in [1.54, 1.807) is 24.3 Å². The van der Waals surface area contributed by atoms with E-state index in [1.165, 1.54) is 0 Å². The Morgan fingerprint density at radius 2 is 1.71 bits per heavy atom. The molecular weight excluding hydrogens is 324 g/mol. The molecule has 1 saturated heterocycles. The van der Waals surface area contributed by atoms with Gasteiger partial charge >= 0.3 is 0 Å². The largest absolute Gasteiger partial charge is 0.364 e. The summed E-state index contributed by atoms with van der Waals surface area (Å²) in [5, 5.41) is 0.660. The Morgan fingerprint density at radius 1 is 1.04 bits per heavy atom. The van der Waals surface area contributed by atoms with E-state index in [-0.39, 0.29) is 23.8 Å². The number of ether oxygens (including phenoxy) is 1. The summed E-state index contributed by atoms with van der Waals surface area (Å²) in [5.74, 6) is -0.128. The number of fused-ring (bicyclic) bond motifs is 1. The van der Waals surface area contributed by atoms with Crippen molar-refractivity contribution in [1.29, 1.82) is 0 Å². The average molecular weight is 341 g/mol. The van der Waals surface area contributed by atoms with E-state index in [0.29, 0.717) is 29.0 Å². The SMILES string of the molecule is CCC1(C[C@@H]2O[C@H]2c2cccc(Cl)c2)C(=O)c2ccccc2C1=O. The minimum Gasteiger partial charge on any atom is -0.364 e. The van der Waals surface area contributed by atoms with Crippen molar-refractivity contribution in [2.75, 3.05) is 0 Å². The van der Waals surface area contributed by atoms with Crippen LogP contribution >= 0.6 is 11.6 Å². The molecule has 2 aliphatic rings. The minimum atomic E-state index is -0.984. The molecule has 3 nitrogen and oxygen atoms in total. The maximum absolute atomic E-state index is 12.9. The third-order valence-corrected chi connectivity index (χ3v) is 5.43. The number of hydrogen-bond acceptors (Lipinski definition) is 3. The molecule has 4 heteroatoms. The van der Waals surface area contributed by atoms with Crippen LogP contribution in [0.2, 0.25) is 5.02 Å². The smallest absolute Gasteiger partial charge is 0.177 e. The molecule has 1 fully saturated rings. The van der Waals surface area contributed by atoms with Gasteiger partial charge in [-0.3, -0.25) is 9.59 Å². The Morgan fingerprint density at radius 3 is 2.29 bits per heavy atom. The maximum atomic E-state index is 12.9. The van der Waals surface area contributed by atoms with Gasteiger partial charge in [0.15, 0.2) is 11.6 Å². The summed E-state index contributed by atoms with van der Waals surface area (Å²) in [6.45, 7) is 1.90. The Labute approximate surface area is 145 Å². The van der Waals surface area contributed by atoms with Gasteiger partial charge in [-0.15, -0.1) is 0 Å². The monoisotopic (exact) mass is 340 g/mol. The zero-order chi connectivity index (χ0) is 16.9. The van der Waals surface area contributed by atoms with Crippen molar-refractivity contribution in [3.8, 4) is 0 Å². The highest BCUT2D eigenvalue weighted by molar-refractivity contribution is 6.30. The van der Waals surface area contributed by atoms with Crippen molar-refractivity contribution >= 4 is 23.2 Å². The molecule has 2 aromatic carbocycles. The van der Waals surface area contributed by atoms with E-state index < -0.39 is 5.41 Å². The van der Waals surface area contributed by atoms with E-state index in [1.807, 2.05) is 31.2 Å². The van der Waals surface area contributed by atoms with Gasteiger partial charge < -0.3 is 4.74 Å². The average Bonchev–Trinajstić information content (AvgIpc) is 3.33. The van der Waals surface area contributed by atoms with E-state index in [4.69, 9.17) is 16.3 Å². The van der Waals surface area contributed by atoms with Gasteiger partial charge in [0.25, 0.3) is 0 Å². The molecule has 1 aliphatic heterocycles. The van der Waals surface area contributed by atoms with Gasteiger partial charge in [0.05, 0.1) is 11.5 Å². The van der Waals surface area contributed by atoms with Crippen molar-refractivity contribution in [2.45, 2.75) is 32.0 Å². The van der Waals surface area contributed by atoms with Crippen LogP contribution < -0.4 is 0 Å². The number of rotatable bonds is 4. The topological polar surface area (TPSA) is 46.7 Å². The van der Waals surface area contributed by atoms with Crippen LogP contribution in [0.25, 0.3) is 0 Å². The summed E-state index contributed by atoms with van der Waals surface area (Å²) in [7, 11) is 0. The summed E-state index contributed by atoms with van der Waals surface area (Å²) in [6, 6.07) is 14.6. The van der Waals surface area contributed by atoms with Crippen LogP contribution in [0.5, 0.6) is 0 Å².